The smallest absolute Gasteiger partial charge is 0.271 e. The van der Waals surface area contributed by atoms with Gasteiger partial charge in [0.2, 0.25) is 0 Å². The molecule has 0 aromatic heterocycles. The average Bonchev–Trinajstić information content (AvgIpc) is 2.56. The minimum atomic E-state index is -0.238. The number of carbonyl (C=O) groups is 1. The molecular weight excluding hydrogens is 290 g/mol. The Morgan fingerprint density at radius 2 is 1.78 bits per heavy atom. The second-order valence-corrected chi connectivity index (χ2v) is 5.14. The van der Waals surface area contributed by atoms with Crippen molar-refractivity contribution >= 4 is 17.8 Å². The van der Waals surface area contributed by atoms with E-state index in [0.717, 1.165) is 17.0 Å². The van der Waals surface area contributed by atoms with Crippen LogP contribution in [-0.2, 0) is 0 Å². The normalized spacial score (nSPS) is 10.6. The molecule has 0 aliphatic heterocycles. The fourth-order valence-corrected chi connectivity index (χ4v) is 1.96. The van der Waals surface area contributed by atoms with Gasteiger partial charge in [-0.1, -0.05) is 0 Å². The molecule has 1 amide bonds. The SMILES string of the molecule is CCOc1ccc(/C=N/NC(=O)c2ccc(N(C)C)cc2)cc1. The van der Waals surface area contributed by atoms with Crippen LogP contribution in [0.2, 0.25) is 0 Å². The number of nitrogens with one attached hydrogen (secondary N) is 1. The van der Waals surface area contributed by atoms with E-state index in [4.69, 9.17) is 4.74 Å². The lowest BCUT2D eigenvalue weighted by Crippen LogP contribution is -2.17. The van der Waals surface area contributed by atoms with Crippen LogP contribution >= 0.6 is 0 Å². The zero-order chi connectivity index (χ0) is 16.7. The molecule has 2 aromatic carbocycles. The zero-order valence-corrected chi connectivity index (χ0v) is 13.6. The highest BCUT2D eigenvalue weighted by atomic mass is 16.5. The largest absolute Gasteiger partial charge is 0.494 e. The van der Waals surface area contributed by atoms with Gasteiger partial charge in [0.05, 0.1) is 12.8 Å². The molecule has 0 heterocycles. The molecule has 120 valence electrons. The summed E-state index contributed by atoms with van der Waals surface area (Å²) in [6, 6.07) is 14.8. The topological polar surface area (TPSA) is 53.9 Å². The van der Waals surface area contributed by atoms with Gasteiger partial charge in [-0.25, -0.2) is 5.43 Å². The number of anilines is 1. The van der Waals surface area contributed by atoms with E-state index < -0.39 is 0 Å². The Balaban J connectivity index is 1.92. The number of hydrazone groups is 1. The summed E-state index contributed by atoms with van der Waals surface area (Å²) in [5.41, 5.74) is 5.02. The van der Waals surface area contributed by atoms with Crippen molar-refractivity contribution in [2.24, 2.45) is 5.10 Å². The first kappa shape index (κ1) is 16.5. The fraction of sp³-hybridized carbons (Fsp3) is 0.222. The summed E-state index contributed by atoms with van der Waals surface area (Å²) in [4.78, 5) is 14.0. The van der Waals surface area contributed by atoms with Crippen molar-refractivity contribution in [2.75, 3.05) is 25.6 Å². The molecule has 2 aromatic rings. The van der Waals surface area contributed by atoms with Gasteiger partial charge in [-0.3, -0.25) is 4.79 Å². The number of nitrogens with zero attached hydrogens (tertiary/aromatic N) is 2. The summed E-state index contributed by atoms with van der Waals surface area (Å²) >= 11 is 0. The number of amides is 1. The van der Waals surface area contributed by atoms with Crippen LogP contribution in [0, 0.1) is 0 Å². The molecule has 0 saturated carbocycles. The van der Waals surface area contributed by atoms with Gasteiger partial charge >= 0.3 is 0 Å². The molecular formula is C18H21N3O2. The lowest BCUT2D eigenvalue weighted by Gasteiger charge is -2.12. The van der Waals surface area contributed by atoms with E-state index in [9.17, 15) is 4.79 Å². The third-order valence-corrected chi connectivity index (χ3v) is 3.22. The van der Waals surface area contributed by atoms with E-state index in [1.807, 2.05) is 62.3 Å². The molecule has 5 heteroatoms. The summed E-state index contributed by atoms with van der Waals surface area (Å²) < 4.78 is 5.37. The minimum absolute atomic E-state index is 0.238. The van der Waals surface area contributed by atoms with Gasteiger partial charge in [0, 0.05) is 25.3 Å². The number of carbonyl (C=O) groups excluding carboxylic acids is 1. The second kappa shape index (κ2) is 7.98. The Hall–Kier alpha value is -2.82. The standard InChI is InChI=1S/C18H21N3O2/c1-4-23-17-11-5-14(6-12-17)13-19-20-18(22)15-7-9-16(10-8-15)21(2)3/h5-13H,4H2,1-3H3,(H,20,22)/b19-13+. The molecule has 0 unspecified atom stereocenters. The third kappa shape index (κ3) is 4.85. The second-order valence-electron chi connectivity index (χ2n) is 5.14. The van der Waals surface area contributed by atoms with Gasteiger partial charge in [0.1, 0.15) is 5.75 Å². The van der Waals surface area contributed by atoms with Gasteiger partial charge in [0.25, 0.3) is 5.91 Å². The lowest BCUT2D eigenvalue weighted by molar-refractivity contribution is 0.0955. The first-order valence-electron chi connectivity index (χ1n) is 7.44. The van der Waals surface area contributed by atoms with Crippen LogP contribution in [-0.4, -0.2) is 32.8 Å². The minimum Gasteiger partial charge on any atom is -0.494 e. The number of hydrogen-bond donors (Lipinski definition) is 1. The van der Waals surface area contributed by atoms with Crippen LogP contribution in [0.4, 0.5) is 5.69 Å². The molecule has 0 saturated heterocycles. The average molecular weight is 311 g/mol. The summed E-state index contributed by atoms with van der Waals surface area (Å²) in [5.74, 6) is 0.576. The van der Waals surface area contributed by atoms with Gasteiger partial charge in [0.15, 0.2) is 0 Å². The molecule has 1 N–H and O–H groups in total. The predicted molar refractivity (Wildman–Crippen MR) is 93.4 cm³/mol. The molecule has 23 heavy (non-hydrogen) atoms. The van der Waals surface area contributed by atoms with Crippen molar-refractivity contribution < 1.29 is 9.53 Å². The van der Waals surface area contributed by atoms with Crippen molar-refractivity contribution in [3.05, 3.63) is 59.7 Å². The van der Waals surface area contributed by atoms with Crippen LogP contribution in [0.3, 0.4) is 0 Å². The monoisotopic (exact) mass is 311 g/mol. The van der Waals surface area contributed by atoms with Crippen LogP contribution in [0.25, 0.3) is 0 Å². The Kier molecular flexibility index (Phi) is 5.74. The van der Waals surface area contributed by atoms with Crippen molar-refractivity contribution in [3.63, 3.8) is 0 Å². The molecule has 0 aliphatic carbocycles. The van der Waals surface area contributed by atoms with Gasteiger partial charge < -0.3 is 9.64 Å². The first-order chi connectivity index (χ1) is 11.1. The first-order valence-corrected chi connectivity index (χ1v) is 7.44. The van der Waals surface area contributed by atoms with Gasteiger partial charge in [-0.15, -0.1) is 0 Å². The van der Waals surface area contributed by atoms with Gasteiger partial charge in [-0.2, -0.15) is 5.10 Å². The maximum atomic E-state index is 12.0. The number of rotatable bonds is 6. The van der Waals surface area contributed by atoms with Crippen LogP contribution in [0.1, 0.15) is 22.8 Å². The maximum Gasteiger partial charge on any atom is 0.271 e. The summed E-state index contributed by atoms with van der Waals surface area (Å²) in [7, 11) is 3.91. The van der Waals surface area contributed by atoms with Crippen LogP contribution in [0.5, 0.6) is 5.75 Å². The summed E-state index contributed by atoms with van der Waals surface area (Å²) in [5, 5.41) is 3.98. The van der Waals surface area contributed by atoms with E-state index in [0.29, 0.717) is 12.2 Å². The van der Waals surface area contributed by atoms with Crippen molar-refractivity contribution in [1.29, 1.82) is 0 Å². The Morgan fingerprint density at radius 3 is 2.35 bits per heavy atom. The zero-order valence-electron chi connectivity index (χ0n) is 13.6. The molecule has 0 bridgehead atoms. The van der Waals surface area contributed by atoms with Crippen molar-refractivity contribution in [1.82, 2.24) is 5.43 Å². The third-order valence-electron chi connectivity index (χ3n) is 3.22. The summed E-state index contributed by atoms with van der Waals surface area (Å²) in [6.07, 6.45) is 1.60. The number of benzene rings is 2. The quantitative estimate of drug-likeness (QED) is 0.659. The van der Waals surface area contributed by atoms with Crippen LogP contribution in [0.15, 0.2) is 53.6 Å². The number of ether oxygens (including phenoxy) is 1. The number of hydrogen-bond acceptors (Lipinski definition) is 4. The Morgan fingerprint density at radius 1 is 1.13 bits per heavy atom. The molecule has 0 aliphatic rings. The molecule has 2 rings (SSSR count). The van der Waals surface area contributed by atoms with Gasteiger partial charge in [-0.05, 0) is 61.0 Å². The highest BCUT2D eigenvalue weighted by molar-refractivity contribution is 5.95. The molecule has 5 nitrogen and oxygen atoms in total. The molecule has 0 atom stereocenters. The van der Waals surface area contributed by atoms with E-state index in [-0.39, 0.29) is 5.91 Å². The van der Waals surface area contributed by atoms with Crippen molar-refractivity contribution in [3.8, 4) is 5.75 Å². The summed E-state index contributed by atoms with van der Waals surface area (Å²) in [6.45, 7) is 2.58. The molecule has 0 radical (unpaired) electrons. The molecule has 0 spiro atoms. The van der Waals surface area contributed by atoms with E-state index >= 15 is 0 Å². The highest BCUT2D eigenvalue weighted by Crippen LogP contribution is 2.12. The lowest BCUT2D eigenvalue weighted by atomic mass is 10.2. The fourth-order valence-electron chi connectivity index (χ4n) is 1.96. The van der Waals surface area contributed by atoms with E-state index in [1.54, 1.807) is 18.3 Å². The van der Waals surface area contributed by atoms with Crippen LogP contribution < -0.4 is 15.1 Å². The maximum absolute atomic E-state index is 12.0. The predicted octanol–water partition coefficient (Wildman–Crippen LogP) is 2.92. The molecule has 0 fully saturated rings. The van der Waals surface area contributed by atoms with E-state index in [1.165, 1.54) is 0 Å². The Labute approximate surface area is 136 Å². The van der Waals surface area contributed by atoms with E-state index in [2.05, 4.69) is 10.5 Å². The Bertz CT molecular complexity index is 662. The highest BCUT2D eigenvalue weighted by Gasteiger charge is 2.04. The van der Waals surface area contributed by atoms with Crippen molar-refractivity contribution in [2.45, 2.75) is 6.92 Å².